The highest BCUT2D eigenvalue weighted by Gasteiger charge is 2.22. The summed E-state index contributed by atoms with van der Waals surface area (Å²) < 4.78 is 5.38. The van der Waals surface area contributed by atoms with E-state index in [0.29, 0.717) is 6.10 Å². The lowest BCUT2D eigenvalue weighted by Crippen LogP contribution is -2.38. The normalized spacial score (nSPS) is 19.4. The molecule has 1 aliphatic rings. The van der Waals surface area contributed by atoms with Gasteiger partial charge in [0.2, 0.25) is 0 Å². The lowest BCUT2D eigenvalue weighted by Gasteiger charge is -2.33. The van der Waals surface area contributed by atoms with Crippen LogP contribution >= 0.6 is 0 Å². The Bertz CT molecular complexity index is 359. The molecule has 0 bridgehead atoms. The van der Waals surface area contributed by atoms with Gasteiger partial charge in [0.15, 0.2) is 0 Å². The fourth-order valence-electron chi connectivity index (χ4n) is 2.33. The fraction of sp³-hybridized carbons (Fsp3) is 0.615. The van der Waals surface area contributed by atoms with Crippen LogP contribution in [0.25, 0.3) is 0 Å². The third-order valence-electron chi connectivity index (χ3n) is 3.38. The standard InChI is InChI=1S/C13H21N3O/c1-10(14)12-4-3-7-15-13(12)16-8-5-11(17-2)6-9-16/h3-4,7,10-11H,5-6,8-9,14H2,1-2H3. The molecule has 0 spiro atoms. The summed E-state index contributed by atoms with van der Waals surface area (Å²) in [7, 11) is 1.79. The molecule has 0 saturated carbocycles. The summed E-state index contributed by atoms with van der Waals surface area (Å²) in [4.78, 5) is 6.79. The van der Waals surface area contributed by atoms with Crippen molar-refractivity contribution in [2.75, 3.05) is 25.1 Å². The number of ether oxygens (including phenoxy) is 1. The van der Waals surface area contributed by atoms with Gasteiger partial charge in [0.1, 0.15) is 5.82 Å². The predicted octanol–water partition coefficient (Wildman–Crippen LogP) is 1.72. The van der Waals surface area contributed by atoms with Crippen LogP contribution in [0.1, 0.15) is 31.4 Å². The summed E-state index contributed by atoms with van der Waals surface area (Å²) in [5.74, 6) is 1.04. The molecule has 1 atom stereocenters. The highest BCUT2D eigenvalue weighted by molar-refractivity contribution is 5.48. The second-order valence-corrected chi connectivity index (χ2v) is 4.63. The Kier molecular flexibility index (Phi) is 3.97. The fourth-order valence-corrected chi connectivity index (χ4v) is 2.33. The minimum absolute atomic E-state index is 0.0267. The van der Waals surface area contributed by atoms with E-state index in [2.05, 4.69) is 16.0 Å². The van der Waals surface area contributed by atoms with Crippen molar-refractivity contribution in [2.24, 2.45) is 5.73 Å². The molecule has 0 radical (unpaired) electrons. The van der Waals surface area contributed by atoms with Gasteiger partial charge < -0.3 is 15.4 Å². The molecule has 4 heteroatoms. The molecule has 94 valence electrons. The average molecular weight is 235 g/mol. The molecule has 1 fully saturated rings. The van der Waals surface area contributed by atoms with Gasteiger partial charge in [-0.25, -0.2) is 4.98 Å². The zero-order valence-electron chi connectivity index (χ0n) is 10.6. The van der Waals surface area contributed by atoms with Gasteiger partial charge in [0.05, 0.1) is 6.10 Å². The van der Waals surface area contributed by atoms with E-state index in [9.17, 15) is 0 Å². The zero-order valence-corrected chi connectivity index (χ0v) is 10.6. The Hall–Kier alpha value is -1.13. The van der Waals surface area contributed by atoms with E-state index < -0.39 is 0 Å². The van der Waals surface area contributed by atoms with E-state index in [0.717, 1.165) is 37.3 Å². The van der Waals surface area contributed by atoms with Crippen LogP contribution in [-0.2, 0) is 4.74 Å². The quantitative estimate of drug-likeness (QED) is 0.866. The maximum Gasteiger partial charge on any atom is 0.133 e. The van der Waals surface area contributed by atoms with Crippen molar-refractivity contribution < 1.29 is 4.74 Å². The van der Waals surface area contributed by atoms with Gasteiger partial charge >= 0.3 is 0 Å². The van der Waals surface area contributed by atoms with Crippen LogP contribution in [0.4, 0.5) is 5.82 Å². The SMILES string of the molecule is COC1CCN(c2ncccc2C(C)N)CC1. The van der Waals surface area contributed by atoms with Gasteiger partial charge in [0.25, 0.3) is 0 Å². The Balaban J connectivity index is 2.13. The number of anilines is 1. The summed E-state index contributed by atoms with van der Waals surface area (Å²) in [6, 6.07) is 4.04. The summed E-state index contributed by atoms with van der Waals surface area (Å²) in [6.45, 7) is 3.99. The molecule has 1 aliphatic heterocycles. The van der Waals surface area contributed by atoms with E-state index >= 15 is 0 Å². The largest absolute Gasteiger partial charge is 0.381 e. The molecular weight excluding hydrogens is 214 g/mol. The van der Waals surface area contributed by atoms with Crippen molar-refractivity contribution >= 4 is 5.82 Å². The minimum Gasteiger partial charge on any atom is -0.381 e. The van der Waals surface area contributed by atoms with Crippen LogP contribution < -0.4 is 10.6 Å². The molecule has 2 rings (SSSR count). The summed E-state index contributed by atoms with van der Waals surface area (Å²) in [5.41, 5.74) is 7.11. The number of hydrogen-bond acceptors (Lipinski definition) is 4. The van der Waals surface area contributed by atoms with Crippen molar-refractivity contribution in [2.45, 2.75) is 31.9 Å². The maximum absolute atomic E-state index is 5.98. The third-order valence-corrected chi connectivity index (χ3v) is 3.38. The van der Waals surface area contributed by atoms with Crippen LogP contribution in [0.3, 0.4) is 0 Å². The number of hydrogen-bond donors (Lipinski definition) is 1. The van der Waals surface area contributed by atoms with Gasteiger partial charge in [-0.1, -0.05) is 6.07 Å². The predicted molar refractivity (Wildman–Crippen MR) is 69.1 cm³/mol. The molecule has 0 aliphatic carbocycles. The number of rotatable bonds is 3. The van der Waals surface area contributed by atoms with Gasteiger partial charge in [-0.05, 0) is 25.8 Å². The first kappa shape index (κ1) is 12.3. The first-order valence-corrected chi connectivity index (χ1v) is 6.20. The monoisotopic (exact) mass is 235 g/mol. The smallest absolute Gasteiger partial charge is 0.133 e. The van der Waals surface area contributed by atoms with Gasteiger partial charge in [0, 0.05) is 38.0 Å². The molecule has 4 nitrogen and oxygen atoms in total. The maximum atomic E-state index is 5.98. The molecular formula is C13H21N3O. The number of methoxy groups -OCH3 is 1. The Morgan fingerprint density at radius 3 is 2.76 bits per heavy atom. The zero-order chi connectivity index (χ0) is 12.3. The Labute approximate surface area is 103 Å². The van der Waals surface area contributed by atoms with Crippen molar-refractivity contribution in [3.05, 3.63) is 23.9 Å². The molecule has 0 aromatic carbocycles. The van der Waals surface area contributed by atoms with Crippen molar-refractivity contribution in [3.8, 4) is 0 Å². The van der Waals surface area contributed by atoms with Crippen LogP contribution in [-0.4, -0.2) is 31.3 Å². The number of aromatic nitrogens is 1. The summed E-state index contributed by atoms with van der Waals surface area (Å²) in [6.07, 6.45) is 4.36. The summed E-state index contributed by atoms with van der Waals surface area (Å²) in [5, 5.41) is 0. The van der Waals surface area contributed by atoms with Crippen LogP contribution in [0.15, 0.2) is 18.3 Å². The van der Waals surface area contributed by atoms with E-state index in [1.807, 2.05) is 19.2 Å². The highest BCUT2D eigenvalue weighted by atomic mass is 16.5. The summed E-state index contributed by atoms with van der Waals surface area (Å²) >= 11 is 0. The van der Waals surface area contributed by atoms with Crippen LogP contribution in [0.5, 0.6) is 0 Å². The second kappa shape index (κ2) is 5.47. The van der Waals surface area contributed by atoms with Crippen LogP contribution in [0.2, 0.25) is 0 Å². The lowest BCUT2D eigenvalue weighted by molar-refractivity contribution is 0.0817. The number of nitrogens with two attached hydrogens (primary N) is 1. The van der Waals surface area contributed by atoms with E-state index in [1.54, 1.807) is 7.11 Å². The molecule has 1 saturated heterocycles. The average Bonchev–Trinajstić information content (AvgIpc) is 2.39. The molecule has 1 aromatic rings. The Morgan fingerprint density at radius 1 is 1.47 bits per heavy atom. The molecule has 2 heterocycles. The minimum atomic E-state index is 0.0267. The number of piperidine rings is 1. The highest BCUT2D eigenvalue weighted by Crippen LogP contribution is 2.25. The van der Waals surface area contributed by atoms with Crippen molar-refractivity contribution in [1.29, 1.82) is 0 Å². The van der Waals surface area contributed by atoms with Crippen LogP contribution in [0, 0.1) is 0 Å². The van der Waals surface area contributed by atoms with Gasteiger partial charge in [-0.3, -0.25) is 0 Å². The van der Waals surface area contributed by atoms with Crippen molar-refractivity contribution in [1.82, 2.24) is 4.98 Å². The molecule has 0 amide bonds. The third kappa shape index (κ3) is 2.76. The van der Waals surface area contributed by atoms with Crippen molar-refractivity contribution in [3.63, 3.8) is 0 Å². The molecule has 2 N–H and O–H groups in total. The van der Waals surface area contributed by atoms with Gasteiger partial charge in [-0.15, -0.1) is 0 Å². The number of pyridine rings is 1. The second-order valence-electron chi connectivity index (χ2n) is 4.63. The van der Waals surface area contributed by atoms with E-state index in [4.69, 9.17) is 10.5 Å². The number of nitrogens with zero attached hydrogens (tertiary/aromatic N) is 2. The van der Waals surface area contributed by atoms with E-state index in [1.165, 1.54) is 0 Å². The molecule has 1 aromatic heterocycles. The first-order chi connectivity index (χ1) is 8.22. The van der Waals surface area contributed by atoms with Gasteiger partial charge in [-0.2, -0.15) is 0 Å². The Morgan fingerprint density at radius 2 is 2.18 bits per heavy atom. The topological polar surface area (TPSA) is 51.4 Å². The molecule has 1 unspecified atom stereocenters. The molecule has 17 heavy (non-hydrogen) atoms. The van der Waals surface area contributed by atoms with E-state index in [-0.39, 0.29) is 6.04 Å². The first-order valence-electron chi connectivity index (χ1n) is 6.20. The lowest BCUT2D eigenvalue weighted by atomic mass is 10.1.